The molecule has 0 aromatic heterocycles. The van der Waals surface area contributed by atoms with Crippen LogP contribution in [0.2, 0.25) is 0 Å². The fraction of sp³-hybridized carbons (Fsp3) is 0.909. The van der Waals surface area contributed by atoms with Crippen LogP contribution in [-0.4, -0.2) is 31.8 Å². The average molecular weight is 215 g/mol. The summed E-state index contributed by atoms with van der Waals surface area (Å²) in [5, 5.41) is 0. The molecule has 0 amide bonds. The molecule has 0 spiro atoms. The number of nitrogens with two attached hydrogens (primary N) is 1. The Labute approximate surface area is 91.1 Å². The lowest BCUT2D eigenvalue weighted by Gasteiger charge is -2.29. The van der Waals surface area contributed by atoms with Crippen LogP contribution in [0.15, 0.2) is 0 Å². The third-order valence-electron chi connectivity index (χ3n) is 3.06. The van der Waals surface area contributed by atoms with E-state index in [1.54, 1.807) is 0 Å². The van der Waals surface area contributed by atoms with Crippen molar-refractivity contribution in [1.29, 1.82) is 0 Å². The molecular formula is C11H21NO3. The molecule has 1 aliphatic carbocycles. The average Bonchev–Trinajstić information content (AvgIpc) is 2.23. The summed E-state index contributed by atoms with van der Waals surface area (Å²) in [6.07, 6.45) is 3.92. The molecule has 0 radical (unpaired) electrons. The van der Waals surface area contributed by atoms with Crippen LogP contribution in [0.5, 0.6) is 0 Å². The predicted octanol–water partition coefficient (Wildman–Crippen LogP) is 1.08. The van der Waals surface area contributed by atoms with Gasteiger partial charge in [-0.3, -0.25) is 0 Å². The number of esters is 1. The molecule has 4 heteroatoms. The van der Waals surface area contributed by atoms with E-state index in [0.29, 0.717) is 5.92 Å². The van der Waals surface area contributed by atoms with E-state index >= 15 is 0 Å². The molecule has 3 atom stereocenters. The lowest BCUT2D eigenvalue weighted by atomic mass is 9.88. The summed E-state index contributed by atoms with van der Waals surface area (Å²) >= 11 is 0. The molecule has 1 aliphatic rings. The first-order valence-corrected chi connectivity index (χ1v) is 5.62. The molecule has 3 unspecified atom stereocenters. The molecule has 88 valence electrons. The van der Waals surface area contributed by atoms with Gasteiger partial charge in [-0.15, -0.1) is 0 Å². The molecule has 1 rings (SSSR count). The fourth-order valence-corrected chi connectivity index (χ4v) is 1.97. The highest BCUT2D eigenvalue weighted by Crippen LogP contribution is 2.26. The van der Waals surface area contributed by atoms with Crippen LogP contribution in [-0.2, 0) is 14.3 Å². The molecule has 0 aliphatic heterocycles. The third-order valence-corrected chi connectivity index (χ3v) is 3.06. The minimum Gasteiger partial charge on any atom is -0.460 e. The van der Waals surface area contributed by atoms with Crippen LogP contribution in [0.4, 0.5) is 0 Å². The van der Waals surface area contributed by atoms with Crippen molar-refractivity contribution in [3.63, 3.8) is 0 Å². The molecular weight excluding hydrogens is 194 g/mol. The monoisotopic (exact) mass is 215 g/mol. The van der Waals surface area contributed by atoms with Crippen molar-refractivity contribution in [3.8, 4) is 0 Å². The maximum absolute atomic E-state index is 11.6. The van der Waals surface area contributed by atoms with Crippen molar-refractivity contribution in [3.05, 3.63) is 0 Å². The highest BCUT2D eigenvalue weighted by molar-refractivity contribution is 5.75. The van der Waals surface area contributed by atoms with Crippen LogP contribution in [0.25, 0.3) is 0 Å². The van der Waals surface area contributed by atoms with E-state index in [1.807, 2.05) is 0 Å². The van der Waals surface area contributed by atoms with Gasteiger partial charge in [0.2, 0.25) is 0 Å². The highest BCUT2D eigenvalue weighted by Gasteiger charge is 2.27. The largest absolute Gasteiger partial charge is 0.460 e. The zero-order valence-corrected chi connectivity index (χ0v) is 9.57. The van der Waals surface area contributed by atoms with E-state index in [1.165, 1.54) is 13.5 Å². The Hall–Kier alpha value is -0.610. The number of carbonyl (C=O) groups is 1. The number of hydrogen-bond donors (Lipinski definition) is 1. The molecule has 0 bridgehead atoms. The van der Waals surface area contributed by atoms with Crippen molar-refractivity contribution < 1.29 is 14.3 Å². The lowest BCUT2D eigenvalue weighted by Crippen LogP contribution is -2.37. The molecule has 0 heterocycles. The van der Waals surface area contributed by atoms with Gasteiger partial charge in [-0.1, -0.05) is 13.3 Å². The summed E-state index contributed by atoms with van der Waals surface area (Å²) in [4.78, 5) is 11.6. The van der Waals surface area contributed by atoms with E-state index < -0.39 is 6.10 Å². The maximum Gasteiger partial charge on any atom is 0.336 e. The first kappa shape index (κ1) is 12.5. The van der Waals surface area contributed by atoms with E-state index in [9.17, 15) is 4.79 Å². The number of carbonyl (C=O) groups excluding carboxylic acids is 1. The number of methoxy groups -OCH3 is 1. The Morgan fingerprint density at radius 3 is 2.67 bits per heavy atom. The number of ether oxygens (including phenoxy) is 2. The van der Waals surface area contributed by atoms with E-state index in [-0.39, 0.29) is 18.6 Å². The SMILES string of the molecule is COC(CN)C(=O)OC1CCCCC1C. The Balaban J connectivity index is 2.41. The van der Waals surface area contributed by atoms with Crippen LogP contribution in [0, 0.1) is 5.92 Å². The third kappa shape index (κ3) is 3.47. The minimum atomic E-state index is -0.612. The first-order valence-electron chi connectivity index (χ1n) is 5.62. The zero-order valence-electron chi connectivity index (χ0n) is 9.57. The summed E-state index contributed by atoms with van der Waals surface area (Å²) in [7, 11) is 1.48. The van der Waals surface area contributed by atoms with Gasteiger partial charge in [-0.25, -0.2) is 4.79 Å². The van der Waals surface area contributed by atoms with Gasteiger partial charge in [0.1, 0.15) is 6.10 Å². The van der Waals surface area contributed by atoms with Gasteiger partial charge in [0, 0.05) is 13.7 Å². The highest BCUT2D eigenvalue weighted by atomic mass is 16.6. The standard InChI is InChI=1S/C11H21NO3/c1-8-5-3-4-6-9(8)15-11(13)10(7-12)14-2/h8-10H,3-7,12H2,1-2H3. The second-order valence-corrected chi connectivity index (χ2v) is 4.20. The first-order chi connectivity index (χ1) is 7.19. The van der Waals surface area contributed by atoms with Gasteiger partial charge in [-0.2, -0.15) is 0 Å². The van der Waals surface area contributed by atoms with Gasteiger partial charge >= 0.3 is 5.97 Å². The lowest BCUT2D eigenvalue weighted by molar-refractivity contribution is -0.164. The topological polar surface area (TPSA) is 61.5 Å². The Kier molecular flexibility index (Phi) is 5.05. The molecule has 4 nitrogen and oxygen atoms in total. The van der Waals surface area contributed by atoms with Crippen LogP contribution in [0.1, 0.15) is 32.6 Å². The fourth-order valence-electron chi connectivity index (χ4n) is 1.97. The van der Waals surface area contributed by atoms with Crippen molar-refractivity contribution in [2.45, 2.75) is 44.8 Å². The Morgan fingerprint density at radius 2 is 2.13 bits per heavy atom. The van der Waals surface area contributed by atoms with Gasteiger partial charge in [0.15, 0.2) is 6.10 Å². The quantitative estimate of drug-likeness (QED) is 0.713. The maximum atomic E-state index is 11.6. The minimum absolute atomic E-state index is 0.0513. The van der Waals surface area contributed by atoms with Gasteiger partial charge < -0.3 is 15.2 Å². The summed E-state index contributed by atoms with van der Waals surface area (Å²) in [5.74, 6) is 0.136. The van der Waals surface area contributed by atoms with Gasteiger partial charge in [0.25, 0.3) is 0 Å². The summed E-state index contributed by atoms with van der Waals surface area (Å²) in [6.45, 7) is 2.30. The molecule has 1 saturated carbocycles. The van der Waals surface area contributed by atoms with E-state index in [2.05, 4.69) is 6.92 Å². The summed E-state index contributed by atoms with van der Waals surface area (Å²) < 4.78 is 10.3. The zero-order chi connectivity index (χ0) is 11.3. The van der Waals surface area contributed by atoms with Gasteiger partial charge in [-0.05, 0) is 25.2 Å². The smallest absolute Gasteiger partial charge is 0.336 e. The van der Waals surface area contributed by atoms with Crippen LogP contribution < -0.4 is 5.73 Å². The molecule has 2 N–H and O–H groups in total. The predicted molar refractivity (Wildman–Crippen MR) is 57.4 cm³/mol. The molecule has 0 aromatic carbocycles. The molecule has 15 heavy (non-hydrogen) atoms. The van der Waals surface area contributed by atoms with Gasteiger partial charge in [0.05, 0.1) is 0 Å². The van der Waals surface area contributed by atoms with Crippen molar-refractivity contribution in [2.75, 3.05) is 13.7 Å². The molecule has 1 fully saturated rings. The van der Waals surface area contributed by atoms with Crippen molar-refractivity contribution >= 4 is 5.97 Å². The number of hydrogen-bond acceptors (Lipinski definition) is 4. The van der Waals surface area contributed by atoms with Crippen molar-refractivity contribution in [2.24, 2.45) is 11.7 Å². The summed E-state index contributed by atoms with van der Waals surface area (Å²) in [5.41, 5.74) is 5.40. The summed E-state index contributed by atoms with van der Waals surface area (Å²) in [6, 6.07) is 0. The Bertz CT molecular complexity index is 204. The molecule has 0 aromatic rings. The van der Waals surface area contributed by atoms with E-state index in [4.69, 9.17) is 15.2 Å². The normalized spacial score (nSPS) is 28.5. The molecule has 0 saturated heterocycles. The number of rotatable bonds is 4. The second-order valence-electron chi connectivity index (χ2n) is 4.20. The van der Waals surface area contributed by atoms with E-state index in [0.717, 1.165) is 19.3 Å². The van der Waals surface area contributed by atoms with Crippen LogP contribution >= 0.6 is 0 Å². The Morgan fingerprint density at radius 1 is 1.47 bits per heavy atom. The second kappa shape index (κ2) is 6.08. The van der Waals surface area contributed by atoms with Crippen molar-refractivity contribution in [1.82, 2.24) is 0 Å². The van der Waals surface area contributed by atoms with Crippen LogP contribution in [0.3, 0.4) is 0 Å².